The van der Waals surface area contributed by atoms with E-state index in [2.05, 4.69) is 25.3 Å². The summed E-state index contributed by atoms with van der Waals surface area (Å²) in [5, 5.41) is 13.1. The number of nitrogens with one attached hydrogen (secondary N) is 2. The van der Waals surface area contributed by atoms with Gasteiger partial charge >= 0.3 is 0 Å². The Hall–Kier alpha value is -2.05. The van der Waals surface area contributed by atoms with E-state index in [1.807, 2.05) is 18.2 Å². The van der Waals surface area contributed by atoms with Crippen LogP contribution in [0.2, 0.25) is 0 Å². The van der Waals surface area contributed by atoms with E-state index in [0.29, 0.717) is 17.5 Å². The van der Waals surface area contributed by atoms with Gasteiger partial charge in [0.15, 0.2) is 5.82 Å². The predicted molar refractivity (Wildman–Crippen MR) is 96.2 cm³/mol. The van der Waals surface area contributed by atoms with Crippen LogP contribution in [0.3, 0.4) is 0 Å². The number of hydrogen-bond donors (Lipinski definition) is 3. The molecule has 1 saturated carbocycles. The van der Waals surface area contributed by atoms with Crippen molar-refractivity contribution in [3.8, 4) is 5.88 Å². The van der Waals surface area contributed by atoms with Crippen molar-refractivity contribution in [2.45, 2.75) is 12.8 Å². The molecule has 0 saturated heterocycles. The van der Waals surface area contributed by atoms with Crippen molar-refractivity contribution < 1.29 is 5.11 Å². The van der Waals surface area contributed by atoms with E-state index in [1.165, 1.54) is 12.8 Å². The average Bonchev–Trinajstić information content (AvgIpc) is 3.15. The Bertz CT molecular complexity index is 752. The van der Waals surface area contributed by atoms with E-state index in [0.717, 1.165) is 23.6 Å². The molecule has 0 amide bonds. The maximum atomic E-state index is 9.93. The van der Waals surface area contributed by atoms with Gasteiger partial charge in [-0.1, -0.05) is 0 Å². The van der Waals surface area contributed by atoms with E-state index in [-0.39, 0.29) is 30.7 Å². The first-order chi connectivity index (χ1) is 10.3. The maximum absolute atomic E-state index is 9.93. The van der Waals surface area contributed by atoms with Crippen LogP contribution in [0.4, 0.5) is 11.8 Å². The summed E-state index contributed by atoms with van der Waals surface area (Å²) in [6, 6.07) is 3.83. The minimum atomic E-state index is -0.00784. The van der Waals surface area contributed by atoms with Crippen molar-refractivity contribution in [3.05, 3.63) is 29.6 Å². The Kier molecular flexibility index (Phi) is 5.28. The highest BCUT2D eigenvalue weighted by Gasteiger charge is 2.21. The van der Waals surface area contributed by atoms with Gasteiger partial charge in [-0.3, -0.25) is 0 Å². The number of aromatic hydroxyl groups is 1. The van der Waals surface area contributed by atoms with Gasteiger partial charge < -0.3 is 15.4 Å². The van der Waals surface area contributed by atoms with Gasteiger partial charge in [-0.2, -0.15) is 4.98 Å². The molecule has 0 spiro atoms. The SMILES string of the molecule is Cl.Cl.Oc1nc(NCC2CC2)[nH]c1/C=C1\C=Nc2ncccc21. The topological polar surface area (TPSA) is 86.2 Å². The fourth-order valence-electron chi connectivity index (χ4n) is 2.32. The molecule has 3 heterocycles. The highest BCUT2D eigenvalue weighted by atomic mass is 35.5. The lowest BCUT2D eigenvalue weighted by atomic mass is 10.1. The van der Waals surface area contributed by atoms with E-state index in [1.54, 1.807) is 12.4 Å². The minimum absolute atomic E-state index is 0. The molecule has 2 aliphatic rings. The molecule has 122 valence electrons. The highest BCUT2D eigenvalue weighted by Crippen LogP contribution is 2.32. The van der Waals surface area contributed by atoms with Crippen molar-refractivity contribution >= 4 is 54.4 Å². The maximum Gasteiger partial charge on any atom is 0.238 e. The van der Waals surface area contributed by atoms with Gasteiger partial charge in [0, 0.05) is 30.1 Å². The number of halogens is 2. The van der Waals surface area contributed by atoms with E-state index in [4.69, 9.17) is 0 Å². The summed E-state index contributed by atoms with van der Waals surface area (Å²) in [5.41, 5.74) is 2.44. The first-order valence-electron chi connectivity index (χ1n) is 7.03. The normalized spacial score (nSPS) is 16.6. The Morgan fingerprint density at radius 3 is 2.96 bits per heavy atom. The summed E-state index contributed by atoms with van der Waals surface area (Å²) in [4.78, 5) is 15.6. The Labute approximate surface area is 146 Å². The second kappa shape index (κ2) is 7.02. The van der Waals surface area contributed by atoms with Crippen LogP contribution >= 0.6 is 24.8 Å². The Morgan fingerprint density at radius 2 is 2.17 bits per heavy atom. The summed E-state index contributed by atoms with van der Waals surface area (Å²) in [7, 11) is 0. The van der Waals surface area contributed by atoms with Crippen LogP contribution in [0.25, 0.3) is 11.6 Å². The lowest BCUT2D eigenvalue weighted by Crippen LogP contribution is -2.04. The first-order valence-corrected chi connectivity index (χ1v) is 7.03. The average molecular weight is 354 g/mol. The molecular weight excluding hydrogens is 337 g/mol. The number of anilines is 1. The largest absolute Gasteiger partial charge is 0.492 e. The third-order valence-corrected chi connectivity index (χ3v) is 3.69. The van der Waals surface area contributed by atoms with Crippen molar-refractivity contribution in [2.24, 2.45) is 10.9 Å². The van der Waals surface area contributed by atoms with E-state index in [9.17, 15) is 5.11 Å². The van der Waals surface area contributed by atoms with E-state index < -0.39 is 0 Å². The van der Waals surface area contributed by atoms with Crippen LogP contribution in [-0.2, 0) is 0 Å². The number of allylic oxidation sites excluding steroid dienone is 1. The Balaban J connectivity index is 0.000000960. The van der Waals surface area contributed by atoms with Gasteiger partial charge in [-0.25, -0.2) is 9.98 Å². The molecule has 1 aliphatic carbocycles. The zero-order valence-corrected chi connectivity index (χ0v) is 13.8. The number of hydrogen-bond acceptors (Lipinski definition) is 5. The van der Waals surface area contributed by atoms with Gasteiger partial charge in [0.05, 0.1) is 0 Å². The summed E-state index contributed by atoms with van der Waals surface area (Å²) >= 11 is 0. The molecule has 1 aliphatic heterocycles. The predicted octanol–water partition coefficient (Wildman–Crippen LogP) is 3.43. The number of H-pyrrole nitrogens is 1. The number of aromatic nitrogens is 3. The molecule has 0 bridgehead atoms. The number of pyridine rings is 1. The third kappa shape index (κ3) is 3.65. The first kappa shape index (κ1) is 17.3. The lowest BCUT2D eigenvalue weighted by Gasteiger charge is -1.99. The molecule has 4 rings (SSSR count). The number of aliphatic imine (C=N–C) groups is 1. The molecule has 23 heavy (non-hydrogen) atoms. The Morgan fingerprint density at radius 1 is 1.35 bits per heavy atom. The van der Waals surface area contributed by atoms with Crippen molar-refractivity contribution in [1.29, 1.82) is 0 Å². The summed E-state index contributed by atoms with van der Waals surface area (Å²) in [6.07, 6.45) is 7.84. The van der Waals surface area contributed by atoms with Gasteiger partial charge in [0.1, 0.15) is 5.69 Å². The fourth-order valence-corrected chi connectivity index (χ4v) is 2.32. The van der Waals surface area contributed by atoms with Crippen LogP contribution in [0.5, 0.6) is 5.88 Å². The van der Waals surface area contributed by atoms with Gasteiger partial charge in [0.2, 0.25) is 11.8 Å². The van der Waals surface area contributed by atoms with Gasteiger partial charge in [-0.15, -0.1) is 24.8 Å². The smallest absolute Gasteiger partial charge is 0.238 e. The molecule has 2 aromatic rings. The van der Waals surface area contributed by atoms with Crippen LogP contribution in [0.15, 0.2) is 23.3 Å². The fraction of sp³-hybridized carbons (Fsp3) is 0.267. The second-order valence-electron chi connectivity index (χ2n) is 5.38. The molecule has 0 atom stereocenters. The zero-order chi connectivity index (χ0) is 14.2. The number of imidazole rings is 1. The van der Waals surface area contributed by atoms with Crippen molar-refractivity contribution in [1.82, 2.24) is 15.0 Å². The monoisotopic (exact) mass is 353 g/mol. The van der Waals surface area contributed by atoms with E-state index >= 15 is 0 Å². The van der Waals surface area contributed by atoms with Crippen molar-refractivity contribution in [2.75, 3.05) is 11.9 Å². The summed E-state index contributed by atoms with van der Waals surface area (Å²) < 4.78 is 0. The van der Waals surface area contributed by atoms with Crippen LogP contribution in [0, 0.1) is 5.92 Å². The molecule has 3 N–H and O–H groups in total. The number of nitrogens with zero attached hydrogens (tertiary/aromatic N) is 3. The summed E-state index contributed by atoms with van der Waals surface area (Å²) in [5.74, 6) is 2.05. The minimum Gasteiger partial charge on any atom is -0.492 e. The molecular formula is C15H17Cl2N5O. The van der Waals surface area contributed by atoms with Crippen molar-refractivity contribution in [3.63, 3.8) is 0 Å². The van der Waals surface area contributed by atoms with Gasteiger partial charge in [-0.05, 0) is 37.0 Å². The number of fused-ring (bicyclic) bond motifs is 1. The number of aromatic amines is 1. The third-order valence-electron chi connectivity index (χ3n) is 3.69. The molecule has 0 aromatic carbocycles. The molecule has 8 heteroatoms. The molecule has 0 unspecified atom stereocenters. The highest BCUT2D eigenvalue weighted by molar-refractivity contribution is 6.20. The molecule has 2 aromatic heterocycles. The lowest BCUT2D eigenvalue weighted by molar-refractivity contribution is 0.455. The summed E-state index contributed by atoms with van der Waals surface area (Å²) in [6.45, 7) is 0.900. The quantitative estimate of drug-likeness (QED) is 0.785. The zero-order valence-electron chi connectivity index (χ0n) is 12.2. The molecule has 1 fully saturated rings. The number of rotatable bonds is 4. The molecule has 6 nitrogen and oxygen atoms in total. The van der Waals surface area contributed by atoms with Crippen LogP contribution < -0.4 is 5.32 Å². The standard InChI is InChI=1S/C15H15N5O.2ClH/c21-14-12(19-15(20-14)18-7-9-3-4-9)6-10-8-17-13-11(10)2-1-5-16-13;;/h1-2,5-6,8-9,21H,3-4,7H2,(H2,18,19,20);2*1H/b10-6+;;. The second-order valence-corrected chi connectivity index (χ2v) is 5.38. The molecule has 0 radical (unpaired) electrons. The van der Waals surface area contributed by atoms with Crippen LogP contribution in [-0.4, -0.2) is 32.8 Å². The van der Waals surface area contributed by atoms with Gasteiger partial charge in [0.25, 0.3) is 0 Å². The van der Waals surface area contributed by atoms with Crippen LogP contribution in [0.1, 0.15) is 24.1 Å².